The van der Waals surface area contributed by atoms with Crippen molar-refractivity contribution in [2.24, 2.45) is 0 Å². The molecule has 6 nitrogen and oxygen atoms in total. The molecule has 0 aromatic heterocycles. The third kappa shape index (κ3) is 3.05. The van der Waals surface area contributed by atoms with Crippen molar-refractivity contribution in [1.82, 2.24) is 4.72 Å². The van der Waals surface area contributed by atoms with Crippen LogP contribution >= 0.6 is 0 Å². The fraction of sp³-hybridized carbons (Fsp3) is 0.538. The molecule has 20 heavy (non-hydrogen) atoms. The van der Waals surface area contributed by atoms with E-state index in [-0.39, 0.29) is 10.9 Å². The van der Waals surface area contributed by atoms with Crippen LogP contribution in [-0.2, 0) is 14.8 Å². The summed E-state index contributed by atoms with van der Waals surface area (Å²) in [7, 11) is -1.56. The van der Waals surface area contributed by atoms with Gasteiger partial charge in [0.2, 0.25) is 10.0 Å². The highest BCUT2D eigenvalue weighted by Crippen LogP contribution is 2.29. The van der Waals surface area contributed by atoms with Crippen molar-refractivity contribution in [3.8, 4) is 0 Å². The summed E-state index contributed by atoms with van der Waals surface area (Å²) in [5.41, 5.74) is 7.26. The monoisotopic (exact) mass is 299 g/mol. The van der Waals surface area contributed by atoms with Gasteiger partial charge in [0.05, 0.1) is 28.9 Å². The molecule has 0 aliphatic carbocycles. The Labute approximate surface area is 120 Å². The molecule has 0 amide bonds. The maximum atomic E-state index is 12.0. The van der Waals surface area contributed by atoms with Gasteiger partial charge in [-0.3, -0.25) is 0 Å². The van der Waals surface area contributed by atoms with E-state index in [1.165, 1.54) is 6.07 Å². The number of nitrogens with two attached hydrogens (primary N) is 1. The number of nitrogens with one attached hydrogen (secondary N) is 1. The summed E-state index contributed by atoms with van der Waals surface area (Å²) in [5, 5.41) is 0. The average molecular weight is 299 g/mol. The van der Waals surface area contributed by atoms with Crippen molar-refractivity contribution in [2.45, 2.75) is 24.3 Å². The molecule has 0 spiro atoms. The van der Waals surface area contributed by atoms with Crippen molar-refractivity contribution >= 4 is 21.4 Å². The Hall–Kier alpha value is -1.31. The van der Waals surface area contributed by atoms with E-state index in [0.29, 0.717) is 18.8 Å². The van der Waals surface area contributed by atoms with Crippen LogP contribution < -0.4 is 15.4 Å². The van der Waals surface area contributed by atoms with Crippen LogP contribution in [0.1, 0.15) is 13.3 Å². The molecule has 0 saturated carbocycles. The van der Waals surface area contributed by atoms with E-state index >= 15 is 0 Å². The summed E-state index contributed by atoms with van der Waals surface area (Å²) in [6.45, 7) is 3.47. The Morgan fingerprint density at radius 3 is 2.85 bits per heavy atom. The standard InChI is InChI=1S/C13H21N3O3S/c1-3-15-20(17,18)11-4-5-12(14)13(8-11)16(2)10-6-7-19-9-10/h4-5,8,10,15H,3,6-7,9,14H2,1-2H3. The molecule has 1 heterocycles. The minimum absolute atomic E-state index is 0.231. The zero-order valence-electron chi connectivity index (χ0n) is 11.8. The Morgan fingerprint density at radius 1 is 1.50 bits per heavy atom. The van der Waals surface area contributed by atoms with Gasteiger partial charge in [-0.2, -0.15) is 0 Å². The smallest absolute Gasteiger partial charge is 0.240 e. The normalized spacial score (nSPS) is 19.2. The van der Waals surface area contributed by atoms with Gasteiger partial charge in [0.1, 0.15) is 0 Å². The predicted molar refractivity (Wildman–Crippen MR) is 79.3 cm³/mol. The SMILES string of the molecule is CCNS(=O)(=O)c1ccc(N)c(N(C)C2CCOC2)c1. The van der Waals surface area contributed by atoms with Crippen LogP contribution in [0.15, 0.2) is 23.1 Å². The van der Waals surface area contributed by atoms with Gasteiger partial charge < -0.3 is 15.4 Å². The average Bonchev–Trinajstić information content (AvgIpc) is 2.92. The zero-order chi connectivity index (χ0) is 14.8. The molecule has 0 bridgehead atoms. The second-order valence-electron chi connectivity index (χ2n) is 4.85. The van der Waals surface area contributed by atoms with E-state index in [2.05, 4.69) is 4.72 Å². The second kappa shape index (κ2) is 5.99. The number of likely N-dealkylation sites (N-methyl/N-ethyl adjacent to an activating group) is 1. The van der Waals surface area contributed by atoms with Gasteiger partial charge in [-0.1, -0.05) is 6.92 Å². The Morgan fingerprint density at radius 2 is 2.25 bits per heavy atom. The number of sulfonamides is 1. The fourth-order valence-electron chi connectivity index (χ4n) is 2.29. The molecule has 1 aliphatic heterocycles. The molecule has 3 N–H and O–H groups in total. The quantitative estimate of drug-likeness (QED) is 0.785. The molecule has 1 aliphatic rings. The fourth-order valence-corrected chi connectivity index (χ4v) is 3.35. The van der Waals surface area contributed by atoms with Gasteiger partial charge in [-0.25, -0.2) is 13.1 Å². The summed E-state index contributed by atoms with van der Waals surface area (Å²) in [6, 6.07) is 5.00. The summed E-state index contributed by atoms with van der Waals surface area (Å²) >= 11 is 0. The van der Waals surface area contributed by atoms with Crippen molar-refractivity contribution in [3.05, 3.63) is 18.2 Å². The molecule has 1 saturated heterocycles. The van der Waals surface area contributed by atoms with Crippen molar-refractivity contribution < 1.29 is 13.2 Å². The van der Waals surface area contributed by atoms with Crippen LogP contribution in [0.4, 0.5) is 11.4 Å². The molecule has 7 heteroatoms. The van der Waals surface area contributed by atoms with Gasteiger partial charge in [-0.15, -0.1) is 0 Å². The van der Waals surface area contributed by atoms with E-state index in [9.17, 15) is 8.42 Å². The number of hydrogen-bond acceptors (Lipinski definition) is 5. The van der Waals surface area contributed by atoms with Crippen LogP contribution in [-0.4, -0.2) is 41.3 Å². The van der Waals surface area contributed by atoms with Gasteiger partial charge in [0.15, 0.2) is 0 Å². The maximum Gasteiger partial charge on any atom is 0.240 e. The third-order valence-corrected chi connectivity index (χ3v) is 5.02. The minimum atomic E-state index is -3.47. The molecule has 1 aromatic carbocycles. The number of ether oxygens (including phenoxy) is 1. The maximum absolute atomic E-state index is 12.0. The summed E-state index contributed by atoms with van der Waals surface area (Å²) in [5.74, 6) is 0. The molecule has 1 aromatic rings. The molecular weight excluding hydrogens is 278 g/mol. The van der Waals surface area contributed by atoms with Gasteiger partial charge in [-0.05, 0) is 24.6 Å². The molecule has 112 valence electrons. The first-order chi connectivity index (χ1) is 9.45. The molecule has 1 unspecified atom stereocenters. The highest BCUT2D eigenvalue weighted by Gasteiger charge is 2.23. The van der Waals surface area contributed by atoms with Crippen LogP contribution in [0, 0.1) is 0 Å². The summed E-state index contributed by atoms with van der Waals surface area (Å²) in [6.07, 6.45) is 0.917. The van der Waals surface area contributed by atoms with Crippen molar-refractivity contribution in [3.63, 3.8) is 0 Å². The number of anilines is 2. The minimum Gasteiger partial charge on any atom is -0.397 e. The van der Waals surface area contributed by atoms with Gasteiger partial charge in [0, 0.05) is 20.2 Å². The first-order valence-corrected chi connectivity index (χ1v) is 8.13. The van der Waals surface area contributed by atoms with Crippen molar-refractivity contribution in [2.75, 3.05) is 37.4 Å². The first kappa shape index (κ1) is 15.1. The zero-order valence-corrected chi connectivity index (χ0v) is 12.6. The Kier molecular flexibility index (Phi) is 4.52. The van der Waals surface area contributed by atoms with E-state index in [0.717, 1.165) is 18.7 Å². The van der Waals surface area contributed by atoms with Crippen molar-refractivity contribution in [1.29, 1.82) is 0 Å². The largest absolute Gasteiger partial charge is 0.397 e. The third-order valence-electron chi connectivity index (χ3n) is 3.48. The number of hydrogen-bond donors (Lipinski definition) is 2. The summed E-state index contributed by atoms with van der Waals surface area (Å²) < 4.78 is 31.9. The topological polar surface area (TPSA) is 84.7 Å². The Balaban J connectivity index is 2.33. The van der Waals surface area contributed by atoms with Crippen LogP contribution in [0.2, 0.25) is 0 Å². The highest BCUT2D eigenvalue weighted by molar-refractivity contribution is 7.89. The number of nitrogens with zero attached hydrogens (tertiary/aromatic N) is 1. The number of rotatable bonds is 5. The van der Waals surface area contributed by atoms with E-state index in [1.54, 1.807) is 19.1 Å². The highest BCUT2D eigenvalue weighted by atomic mass is 32.2. The van der Waals surface area contributed by atoms with E-state index in [1.807, 2.05) is 11.9 Å². The lowest BCUT2D eigenvalue weighted by Crippen LogP contribution is -2.32. The second-order valence-corrected chi connectivity index (χ2v) is 6.62. The number of nitrogen functional groups attached to an aromatic ring is 1. The lowest BCUT2D eigenvalue weighted by atomic mass is 10.2. The lowest BCUT2D eigenvalue weighted by Gasteiger charge is -2.27. The first-order valence-electron chi connectivity index (χ1n) is 6.65. The predicted octanol–water partition coefficient (Wildman–Crippen LogP) is 0.792. The van der Waals surface area contributed by atoms with E-state index in [4.69, 9.17) is 10.5 Å². The van der Waals surface area contributed by atoms with Crippen LogP contribution in [0.5, 0.6) is 0 Å². The van der Waals surface area contributed by atoms with Crippen LogP contribution in [0.25, 0.3) is 0 Å². The molecule has 1 fully saturated rings. The molecule has 0 radical (unpaired) electrons. The number of benzene rings is 1. The van der Waals surface area contributed by atoms with Crippen LogP contribution in [0.3, 0.4) is 0 Å². The van der Waals surface area contributed by atoms with Gasteiger partial charge >= 0.3 is 0 Å². The Bertz CT molecular complexity index is 568. The molecular formula is C13H21N3O3S. The lowest BCUT2D eigenvalue weighted by molar-refractivity contribution is 0.193. The van der Waals surface area contributed by atoms with E-state index < -0.39 is 10.0 Å². The summed E-state index contributed by atoms with van der Waals surface area (Å²) in [4.78, 5) is 2.22. The molecule has 1 atom stereocenters. The molecule has 2 rings (SSSR count). The van der Waals surface area contributed by atoms with Gasteiger partial charge in [0.25, 0.3) is 0 Å².